The molecule has 1 atom stereocenters. The number of ether oxygens (including phenoxy) is 2. The molecular weight excluding hydrogens is 316 g/mol. The van der Waals surface area contributed by atoms with Crippen molar-refractivity contribution < 1.29 is 19.1 Å². The Hall–Kier alpha value is -1.06. The van der Waals surface area contributed by atoms with Crippen LogP contribution < -0.4 is 0 Å². The van der Waals surface area contributed by atoms with Gasteiger partial charge in [0.05, 0.1) is 6.61 Å². The first kappa shape index (κ1) is 22.0. The fraction of sp³-hybridized carbons (Fsp3) is 0.905. The lowest BCUT2D eigenvalue weighted by Gasteiger charge is -2.25. The maximum atomic E-state index is 11.9. The summed E-state index contributed by atoms with van der Waals surface area (Å²) in [7, 11) is 0. The highest BCUT2D eigenvalue weighted by molar-refractivity contribution is 5.70. The van der Waals surface area contributed by atoms with Crippen LogP contribution in [0.3, 0.4) is 0 Å². The molecule has 0 N–H and O–H groups in total. The average molecular weight is 355 g/mol. The third kappa shape index (κ3) is 10.5. The minimum absolute atomic E-state index is 0.112. The van der Waals surface area contributed by atoms with Crippen molar-refractivity contribution in [2.75, 3.05) is 6.61 Å². The topological polar surface area (TPSA) is 52.6 Å². The van der Waals surface area contributed by atoms with E-state index in [1.165, 1.54) is 12.8 Å². The van der Waals surface area contributed by atoms with Crippen molar-refractivity contribution in [3.8, 4) is 0 Å². The van der Waals surface area contributed by atoms with E-state index in [2.05, 4.69) is 20.8 Å². The molecule has 0 heterocycles. The molecule has 25 heavy (non-hydrogen) atoms. The molecule has 146 valence electrons. The van der Waals surface area contributed by atoms with Gasteiger partial charge in [-0.25, -0.2) is 0 Å². The van der Waals surface area contributed by atoms with Gasteiger partial charge in [0.25, 0.3) is 0 Å². The highest BCUT2D eigenvalue weighted by atomic mass is 16.5. The van der Waals surface area contributed by atoms with E-state index >= 15 is 0 Å². The van der Waals surface area contributed by atoms with E-state index in [1.807, 2.05) is 0 Å². The third-order valence-electron chi connectivity index (χ3n) is 5.30. The molecule has 0 amide bonds. The molecule has 0 spiro atoms. The second-order valence-corrected chi connectivity index (χ2v) is 7.68. The zero-order valence-corrected chi connectivity index (χ0v) is 16.6. The fourth-order valence-electron chi connectivity index (χ4n) is 3.31. The van der Waals surface area contributed by atoms with Crippen LogP contribution in [0.15, 0.2) is 0 Å². The number of carbonyl (C=O) groups is 2. The van der Waals surface area contributed by atoms with Gasteiger partial charge in [-0.1, -0.05) is 40.0 Å². The first-order valence-electron chi connectivity index (χ1n) is 10.4. The SMILES string of the molecule is CCCCC(CC)COC(=O)CCCCC(=O)OC1CCC(C)CC1. The summed E-state index contributed by atoms with van der Waals surface area (Å²) in [6, 6.07) is 0. The van der Waals surface area contributed by atoms with Crippen LogP contribution >= 0.6 is 0 Å². The molecule has 4 nitrogen and oxygen atoms in total. The standard InChI is InChI=1S/C21H38O4/c1-4-6-9-18(5-2)16-24-20(22)10-7-8-11-21(23)25-19-14-12-17(3)13-15-19/h17-19H,4-16H2,1-3H3. The molecule has 0 aliphatic heterocycles. The van der Waals surface area contributed by atoms with E-state index < -0.39 is 0 Å². The first-order chi connectivity index (χ1) is 12.0. The lowest BCUT2D eigenvalue weighted by molar-refractivity contribution is -0.151. The van der Waals surface area contributed by atoms with Crippen LogP contribution in [0, 0.1) is 11.8 Å². The lowest BCUT2D eigenvalue weighted by atomic mass is 9.89. The number of hydrogen-bond acceptors (Lipinski definition) is 4. The van der Waals surface area contributed by atoms with Crippen molar-refractivity contribution in [1.29, 1.82) is 0 Å². The molecular formula is C21H38O4. The zero-order valence-electron chi connectivity index (χ0n) is 16.6. The number of esters is 2. The molecule has 1 saturated carbocycles. The van der Waals surface area contributed by atoms with Crippen molar-refractivity contribution in [2.45, 2.75) is 104 Å². The predicted molar refractivity (Wildman–Crippen MR) is 100 cm³/mol. The van der Waals surface area contributed by atoms with Gasteiger partial charge < -0.3 is 9.47 Å². The van der Waals surface area contributed by atoms with Gasteiger partial charge in [-0.3, -0.25) is 9.59 Å². The van der Waals surface area contributed by atoms with E-state index in [1.54, 1.807) is 0 Å². The maximum Gasteiger partial charge on any atom is 0.306 e. The Morgan fingerprint density at radius 2 is 1.60 bits per heavy atom. The molecule has 0 aromatic rings. The van der Waals surface area contributed by atoms with Gasteiger partial charge in [-0.2, -0.15) is 0 Å². The summed E-state index contributed by atoms with van der Waals surface area (Å²) in [5.41, 5.74) is 0. The van der Waals surface area contributed by atoms with Gasteiger partial charge >= 0.3 is 11.9 Å². The van der Waals surface area contributed by atoms with Gasteiger partial charge in [0, 0.05) is 12.8 Å². The quantitative estimate of drug-likeness (QED) is 0.346. The smallest absolute Gasteiger partial charge is 0.306 e. The molecule has 1 rings (SSSR count). The average Bonchev–Trinajstić information content (AvgIpc) is 2.61. The molecule has 1 aliphatic carbocycles. The van der Waals surface area contributed by atoms with Crippen LogP contribution in [0.2, 0.25) is 0 Å². The van der Waals surface area contributed by atoms with Crippen molar-refractivity contribution in [2.24, 2.45) is 11.8 Å². The van der Waals surface area contributed by atoms with E-state index in [4.69, 9.17) is 9.47 Å². The highest BCUT2D eigenvalue weighted by Gasteiger charge is 2.21. The van der Waals surface area contributed by atoms with Crippen LogP contribution in [-0.4, -0.2) is 24.6 Å². The molecule has 1 fully saturated rings. The summed E-state index contributed by atoms with van der Waals surface area (Å²) < 4.78 is 10.9. The second-order valence-electron chi connectivity index (χ2n) is 7.68. The Kier molecular flexibility index (Phi) is 11.6. The molecule has 0 saturated heterocycles. The van der Waals surface area contributed by atoms with E-state index in [0.717, 1.165) is 44.4 Å². The zero-order chi connectivity index (χ0) is 18.5. The van der Waals surface area contributed by atoms with E-state index in [0.29, 0.717) is 38.2 Å². The highest BCUT2D eigenvalue weighted by Crippen LogP contribution is 2.25. The summed E-state index contributed by atoms with van der Waals surface area (Å²) >= 11 is 0. The number of unbranched alkanes of at least 4 members (excludes halogenated alkanes) is 2. The minimum atomic E-state index is -0.135. The monoisotopic (exact) mass is 354 g/mol. The van der Waals surface area contributed by atoms with Gasteiger partial charge in [-0.15, -0.1) is 0 Å². The summed E-state index contributed by atoms with van der Waals surface area (Å²) in [4.78, 5) is 23.6. The van der Waals surface area contributed by atoms with Crippen LogP contribution in [0.5, 0.6) is 0 Å². The van der Waals surface area contributed by atoms with Crippen molar-refractivity contribution in [1.82, 2.24) is 0 Å². The molecule has 0 radical (unpaired) electrons. The summed E-state index contributed by atoms with van der Waals surface area (Å²) in [5, 5.41) is 0. The van der Waals surface area contributed by atoms with Crippen LogP contribution in [-0.2, 0) is 19.1 Å². The second kappa shape index (κ2) is 13.2. The van der Waals surface area contributed by atoms with Gasteiger partial charge in [0.15, 0.2) is 0 Å². The summed E-state index contributed by atoms with van der Waals surface area (Å²) in [6.45, 7) is 7.12. The summed E-state index contributed by atoms with van der Waals surface area (Å²) in [5.74, 6) is 0.996. The van der Waals surface area contributed by atoms with Crippen LogP contribution in [0.1, 0.15) is 97.8 Å². The van der Waals surface area contributed by atoms with E-state index in [9.17, 15) is 9.59 Å². The molecule has 0 aromatic carbocycles. The van der Waals surface area contributed by atoms with Gasteiger partial charge in [0.2, 0.25) is 0 Å². The fourth-order valence-corrected chi connectivity index (χ4v) is 3.31. The first-order valence-corrected chi connectivity index (χ1v) is 10.4. The predicted octanol–water partition coefficient (Wildman–Crippen LogP) is 5.43. The number of rotatable bonds is 12. The molecule has 4 heteroatoms. The van der Waals surface area contributed by atoms with E-state index in [-0.39, 0.29) is 18.0 Å². The molecule has 0 aromatic heterocycles. The Balaban J connectivity index is 2.04. The molecule has 1 unspecified atom stereocenters. The third-order valence-corrected chi connectivity index (χ3v) is 5.30. The Morgan fingerprint density at radius 1 is 0.960 bits per heavy atom. The van der Waals surface area contributed by atoms with Gasteiger partial charge in [0.1, 0.15) is 6.10 Å². The Labute approximate surface area is 154 Å². The normalized spacial score (nSPS) is 21.6. The Bertz CT molecular complexity index is 372. The van der Waals surface area contributed by atoms with Crippen molar-refractivity contribution >= 4 is 11.9 Å². The largest absolute Gasteiger partial charge is 0.465 e. The summed E-state index contributed by atoms with van der Waals surface area (Å²) in [6.07, 6.45) is 11.2. The van der Waals surface area contributed by atoms with Crippen molar-refractivity contribution in [3.05, 3.63) is 0 Å². The van der Waals surface area contributed by atoms with Crippen LogP contribution in [0.25, 0.3) is 0 Å². The maximum absolute atomic E-state index is 11.9. The molecule has 1 aliphatic rings. The Morgan fingerprint density at radius 3 is 2.20 bits per heavy atom. The number of carbonyl (C=O) groups excluding carboxylic acids is 2. The van der Waals surface area contributed by atoms with Gasteiger partial charge in [-0.05, 0) is 56.8 Å². The lowest BCUT2D eigenvalue weighted by Crippen LogP contribution is -2.23. The number of hydrogen-bond donors (Lipinski definition) is 0. The molecule has 0 bridgehead atoms. The minimum Gasteiger partial charge on any atom is -0.465 e. The van der Waals surface area contributed by atoms with Crippen molar-refractivity contribution in [3.63, 3.8) is 0 Å². The van der Waals surface area contributed by atoms with Crippen LogP contribution in [0.4, 0.5) is 0 Å².